The SMILES string of the molecule is Cc1cc(C(=O)NCC2CCCC2CBr)c(C)o1. The lowest BCUT2D eigenvalue weighted by atomic mass is 9.98. The van der Waals surface area contributed by atoms with E-state index in [4.69, 9.17) is 4.42 Å². The zero-order valence-electron chi connectivity index (χ0n) is 11.0. The summed E-state index contributed by atoms with van der Waals surface area (Å²) in [6.45, 7) is 4.47. The normalized spacial score (nSPS) is 23.3. The number of hydrogen-bond acceptors (Lipinski definition) is 2. The van der Waals surface area contributed by atoms with Crippen molar-refractivity contribution in [1.82, 2.24) is 5.32 Å². The minimum atomic E-state index is -0.00966. The van der Waals surface area contributed by atoms with Gasteiger partial charge in [-0.2, -0.15) is 0 Å². The quantitative estimate of drug-likeness (QED) is 0.865. The molecule has 3 nitrogen and oxygen atoms in total. The van der Waals surface area contributed by atoms with Gasteiger partial charge in [0.15, 0.2) is 0 Å². The minimum Gasteiger partial charge on any atom is -0.466 e. The van der Waals surface area contributed by atoms with Crippen molar-refractivity contribution >= 4 is 21.8 Å². The summed E-state index contributed by atoms with van der Waals surface area (Å²) in [5.74, 6) is 2.80. The Morgan fingerprint density at radius 3 is 2.78 bits per heavy atom. The van der Waals surface area contributed by atoms with Gasteiger partial charge in [-0.05, 0) is 44.6 Å². The summed E-state index contributed by atoms with van der Waals surface area (Å²) >= 11 is 3.56. The largest absolute Gasteiger partial charge is 0.466 e. The Hall–Kier alpha value is -0.770. The fourth-order valence-corrected chi connectivity index (χ4v) is 3.61. The first kappa shape index (κ1) is 13.7. The average Bonchev–Trinajstić information content (AvgIpc) is 2.92. The van der Waals surface area contributed by atoms with Crippen molar-refractivity contribution in [3.63, 3.8) is 0 Å². The Morgan fingerprint density at radius 2 is 2.17 bits per heavy atom. The van der Waals surface area contributed by atoms with Gasteiger partial charge in [0.25, 0.3) is 5.91 Å². The Morgan fingerprint density at radius 1 is 1.44 bits per heavy atom. The molecule has 1 saturated carbocycles. The number of alkyl halides is 1. The lowest BCUT2D eigenvalue weighted by Crippen LogP contribution is -2.31. The van der Waals surface area contributed by atoms with Crippen LogP contribution in [0.4, 0.5) is 0 Å². The third-order valence-corrected chi connectivity index (χ3v) is 4.66. The maximum atomic E-state index is 12.0. The molecular formula is C14H20BrNO2. The molecule has 1 N–H and O–H groups in total. The van der Waals surface area contributed by atoms with Gasteiger partial charge in [-0.15, -0.1) is 0 Å². The Kier molecular flexibility index (Phi) is 4.49. The first-order valence-electron chi connectivity index (χ1n) is 6.53. The van der Waals surface area contributed by atoms with E-state index in [1.54, 1.807) is 6.07 Å². The van der Waals surface area contributed by atoms with Crippen LogP contribution in [0.5, 0.6) is 0 Å². The van der Waals surface area contributed by atoms with Crippen molar-refractivity contribution in [2.75, 3.05) is 11.9 Å². The highest BCUT2D eigenvalue weighted by atomic mass is 79.9. The van der Waals surface area contributed by atoms with Crippen molar-refractivity contribution in [2.45, 2.75) is 33.1 Å². The minimum absolute atomic E-state index is 0.00966. The average molecular weight is 314 g/mol. The number of furan rings is 1. The Labute approximate surface area is 116 Å². The number of aryl methyl sites for hydroxylation is 2. The highest BCUT2D eigenvalue weighted by molar-refractivity contribution is 9.09. The monoisotopic (exact) mass is 313 g/mol. The van der Waals surface area contributed by atoms with Gasteiger partial charge in [0.05, 0.1) is 5.56 Å². The van der Waals surface area contributed by atoms with E-state index in [0.29, 0.717) is 23.2 Å². The predicted molar refractivity (Wildman–Crippen MR) is 75.1 cm³/mol. The number of carbonyl (C=O) groups is 1. The Balaban J connectivity index is 1.90. The molecule has 0 bridgehead atoms. The molecule has 0 aromatic carbocycles. The maximum Gasteiger partial charge on any atom is 0.254 e. The van der Waals surface area contributed by atoms with Crippen LogP contribution in [0.15, 0.2) is 10.5 Å². The number of nitrogens with one attached hydrogen (secondary N) is 1. The van der Waals surface area contributed by atoms with E-state index in [1.165, 1.54) is 19.3 Å². The second-order valence-corrected chi connectivity index (χ2v) is 5.79. The second-order valence-electron chi connectivity index (χ2n) is 5.14. The second kappa shape index (κ2) is 5.91. The molecule has 2 unspecified atom stereocenters. The summed E-state index contributed by atoms with van der Waals surface area (Å²) in [7, 11) is 0. The Bertz CT molecular complexity index is 427. The van der Waals surface area contributed by atoms with Gasteiger partial charge in [-0.1, -0.05) is 22.4 Å². The summed E-state index contributed by atoms with van der Waals surface area (Å²) in [6.07, 6.45) is 3.77. The van der Waals surface area contributed by atoms with E-state index in [1.807, 2.05) is 13.8 Å². The number of halogens is 1. The third-order valence-electron chi connectivity index (χ3n) is 3.83. The van der Waals surface area contributed by atoms with Crippen LogP contribution in [0.2, 0.25) is 0 Å². The van der Waals surface area contributed by atoms with Crippen molar-refractivity contribution in [2.24, 2.45) is 11.8 Å². The maximum absolute atomic E-state index is 12.0. The van der Waals surface area contributed by atoms with E-state index in [0.717, 1.165) is 17.6 Å². The lowest BCUT2D eigenvalue weighted by molar-refractivity contribution is 0.0943. The molecule has 2 atom stereocenters. The summed E-state index contributed by atoms with van der Waals surface area (Å²) in [4.78, 5) is 12.0. The van der Waals surface area contributed by atoms with Crippen LogP contribution in [0.3, 0.4) is 0 Å². The molecule has 1 aliphatic carbocycles. The molecule has 0 aliphatic heterocycles. The van der Waals surface area contributed by atoms with Gasteiger partial charge < -0.3 is 9.73 Å². The first-order chi connectivity index (χ1) is 8.61. The molecule has 1 aromatic heterocycles. The number of amides is 1. The van der Waals surface area contributed by atoms with Crippen molar-refractivity contribution in [3.8, 4) is 0 Å². The molecule has 0 radical (unpaired) electrons. The number of rotatable bonds is 4. The van der Waals surface area contributed by atoms with E-state index in [-0.39, 0.29) is 5.91 Å². The molecule has 1 fully saturated rings. The van der Waals surface area contributed by atoms with Gasteiger partial charge >= 0.3 is 0 Å². The summed E-state index contributed by atoms with van der Waals surface area (Å²) in [5, 5.41) is 4.08. The fraction of sp³-hybridized carbons (Fsp3) is 0.643. The smallest absolute Gasteiger partial charge is 0.254 e. The molecule has 1 heterocycles. The molecule has 100 valence electrons. The molecule has 4 heteroatoms. The highest BCUT2D eigenvalue weighted by Gasteiger charge is 2.26. The molecule has 0 saturated heterocycles. The third kappa shape index (κ3) is 2.97. The molecule has 18 heavy (non-hydrogen) atoms. The first-order valence-corrected chi connectivity index (χ1v) is 7.65. The molecule has 0 spiro atoms. The highest BCUT2D eigenvalue weighted by Crippen LogP contribution is 2.32. The van der Waals surface area contributed by atoms with Gasteiger partial charge in [0, 0.05) is 11.9 Å². The zero-order chi connectivity index (χ0) is 13.1. The van der Waals surface area contributed by atoms with E-state index in [9.17, 15) is 4.79 Å². The molecule has 1 amide bonds. The standard InChI is InChI=1S/C14H20BrNO2/c1-9-6-13(10(2)18-9)14(17)16-8-12-5-3-4-11(12)7-15/h6,11-12H,3-5,7-8H2,1-2H3,(H,16,17). The molecular weight excluding hydrogens is 294 g/mol. The molecule has 1 aromatic rings. The summed E-state index contributed by atoms with van der Waals surface area (Å²) < 4.78 is 5.38. The van der Waals surface area contributed by atoms with Crippen molar-refractivity contribution < 1.29 is 9.21 Å². The van der Waals surface area contributed by atoms with Crippen LogP contribution in [-0.4, -0.2) is 17.8 Å². The van der Waals surface area contributed by atoms with Crippen LogP contribution < -0.4 is 5.32 Å². The van der Waals surface area contributed by atoms with E-state index >= 15 is 0 Å². The van der Waals surface area contributed by atoms with E-state index in [2.05, 4.69) is 21.2 Å². The zero-order valence-corrected chi connectivity index (χ0v) is 12.5. The topological polar surface area (TPSA) is 42.2 Å². The molecule has 1 aliphatic rings. The van der Waals surface area contributed by atoms with Crippen molar-refractivity contribution in [3.05, 3.63) is 23.2 Å². The fourth-order valence-electron chi connectivity index (χ4n) is 2.76. The summed E-state index contributed by atoms with van der Waals surface area (Å²) in [6, 6.07) is 1.81. The van der Waals surface area contributed by atoms with Gasteiger partial charge in [-0.3, -0.25) is 4.79 Å². The van der Waals surface area contributed by atoms with Crippen LogP contribution in [-0.2, 0) is 0 Å². The van der Waals surface area contributed by atoms with Gasteiger partial charge in [0.1, 0.15) is 11.5 Å². The van der Waals surface area contributed by atoms with Crippen molar-refractivity contribution in [1.29, 1.82) is 0 Å². The van der Waals surface area contributed by atoms with Crippen LogP contribution >= 0.6 is 15.9 Å². The van der Waals surface area contributed by atoms with Gasteiger partial charge in [0.2, 0.25) is 0 Å². The number of hydrogen-bond donors (Lipinski definition) is 1. The van der Waals surface area contributed by atoms with Crippen LogP contribution in [0.25, 0.3) is 0 Å². The number of carbonyl (C=O) groups excluding carboxylic acids is 1. The summed E-state index contributed by atoms with van der Waals surface area (Å²) in [5.41, 5.74) is 0.667. The predicted octanol–water partition coefficient (Wildman–Crippen LogP) is 3.44. The van der Waals surface area contributed by atoms with E-state index < -0.39 is 0 Å². The van der Waals surface area contributed by atoms with Gasteiger partial charge in [-0.25, -0.2) is 0 Å². The lowest BCUT2D eigenvalue weighted by Gasteiger charge is -2.17. The van der Waals surface area contributed by atoms with Crippen LogP contribution in [0.1, 0.15) is 41.1 Å². The van der Waals surface area contributed by atoms with Crippen LogP contribution in [0, 0.1) is 25.7 Å². The molecule has 2 rings (SSSR count).